The number of aromatic nitrogens is 3. The highest BCUT2D eigenvalue weighted by Gasteiger charge is 2.14. The fourth-order valence-electron chi connectivity index (χ4n) is 1.19. The molecule has 100 valence electrons. The number of aromatic amines is 1. The maximum atomic E-state index is 11.4. The largest absolute Gasteiger partial charge is 0.479 e. The Hall–Kier alpha value is -2.16. The van der Waals surface area contributed by atoms with Crippen LogP contribution in [0.25, 0.3) is 0 Å². The maximum absolute atomic E-state index is 11.4. The first-order valence-corrected chi connectivity index (χ1v) is 5.31. The third-order valence-corrected chi connectivity index (χ3v) is 2.18. The van der Waals surface area contributed by atoms with Gasteiger partial charge in [0.15, 0.2) is 6.10 Å². The van der Waals surface area contributed by atoms with Crippen molar-refractivity contribution in [1.29, 1.82) is 0 Å². The Morgan fingerprint density at radius 1 is 1.56 bits per heavy atom. The average Bonchev–Trinajstić information content (AvgIpc) is 2.81. The minimum Gasteiger partial charge on any atom is -0.479 e. The summed E-state index contributed by atoms with van der Waals surface area (Å²) in [6.07, 6.45) is -0.203. The molecular formula is C9H15N5O4. The second-order valence-electron chi connectivity index (χ2n) is 3.64. The van der Waals surface area contributed by atoms with E-state index in [2.05, 4.69) is 25.8 Å². The zero-order valence-electron chi connectivity index (χ0n) is 9.75. The molecule has 18 heavy (non-hydrogen) atoms. The molecule has 0 saturated carbocycles. The Bertz CT molecular complexity index is 394. The summed E-state index contributed by atoms with van der Waals surface area (Å²) < 4.78 is 0. The fraction of sp³-hybridized carbons (Fsp3) is 0.556. The molecular weight excluding hydrogens is 242 g/mol. The molecule has 0 bridgehead atoms. The van der Waals surface area contributed by atoms with Crippen molar-refractivity contribution in [2.45, 2.75) is 25.5 Å². The van der Waals surface area contributed by atoms with Crippen molar-refractivity contribution < 1.29 is 19.8 Å². The highest BCUT2D eigenvalue weighted by molar-refractivity contribution is 5.74. The Labute approximate surface area is 103 Å². The van der Waals surface area contributed by atoms with Gasteiger partial charge in [0, 0.05) is 13.0 Å². The Morgan fingerprint density at radius 2 is 2.28 bits per heavy atom. The summed E-state index contributed by atoms with van der Waals surface area (Å²) in [5.74, 6) is -0.803. The van der Waals surface area contributed by atoms with Crippen LogP contribution in [0.15, 0.2) is 6.33 Å². The quantitative estimate of drug-likeness (QED) is 0.442. The summed E-state index contributed by atoms with van der Waals surface area (Å²) in [5, 5.41) is 28.7. The van der Waals surface area contributed by atoms with Crippen molar-refractivity contribution in [3.63, 3.8) is 0 Å². The molecule has 2 amide bonds. The van der Waals surface area contributed by atoms with Gasteiger partial charge in [-0.3, -0.25) is 5.10 Å². The number of carboxylic acids is 1. The molecule has 0 saturated heterocycles. The van der Waals surface area contributed by atoms with E-state index in [-0.39, 0.29) is 19.0 Å². The van der Waals surface area contributed by atoms with Crippen LogP contribution in [-0.2, 0) is 4.79 Å². The average molecular weight is 257 g/mol. The SMILES string of the molecule is CC(NC(=O)NCCC(O)C(=O)O)c1ncn[nH]1. The number of carbonyl (C=O) groups excluding carboxylic acids is 1. The number of urea groups is 1. The molecule has 0 fully saturated rings. The number of aliphatic hydroxyl groups excluding tert-OH is 1. The summed E-state index contributed by atoms with van der Waals surface area (Å²) in [5.41, 5.74) is 0. The molecule has 0 aliphatic heterocycles. The van der Waals surface area contributed by atoms with E-state index in [4.69, 9.17) is 10.2 Å². The van der Waals surface area contributed by atoms with Crippen LogP contribution in [-0.4, -0.2) is 50.0 Å². The second kappa shape index (κ2) is 6.55. The van der Waals surface area contributed by atoms with Crippen LogP contribution in [0.1, 0.15) is 25.2 Å². The number of rotatable bonds is 6. The van der Waals surface area contributed by atoms with Gasteiger partial charge in [-0.2, -0.15) is 5.10 Å². The van der Waals surface area contributed by atoms with E-state index in [9.17, 15) is 9.59 Å². The zero-order chi connectivity index (χ0) is 13.5. The first-order chi connectivity index (χ1) is 8.50. The first-order valence-electron chi connectivity index (χ1n) is 5.31. The predicted molar refractivity (Wildman–Crippen MR) is 59.6 cm³/mol. The zero-order valence-corrected chi connectivity index (χ0v) is 9.75. The normalized spacial score (nSPS) is 13.7. The summed E-state index contributed by atoms with van der Waals surface area (Å²) in [4.78, 5) is 25.6. The number of nitrogens with one attached hydrogen (secondary N) is 3. The van der Waals surface area contributed by atoms with E-state index in [1.165, 1.54) is 6.33 Å². The van der Waals surface area contributed by atoms with Crippen molar-refractivity contribution in [2.24, 2.45) is 0 Å². The van der Waals surface area contributed by atoms with Gasteiger partial charge in [0.2, 0.25) is 0 Å². The molecule has 5 N–H and O–H groups in total. The predicted octanol–water partition coefficient (Wildman–Crippen LogP) is -0.999. The van der Waals surface area contributed by atoms with E-state index in [0.29, 0.717) is 5.82 Å². The number of H-pyrrole nitrogens is 1. The highest BCUT2D eigenvalue weighted by Crippen LogP contribution is 2.02. The molecule has 9 heteroatoms. The van der Waals surface area contributed by atoms with Crippen LogP contribution in [0.2, 0.25) is 0 Å². The summed E-state index contributed by atoms with van der Waals surface area (Å²) in [6.45, 7) is 1.77. The molecule has 1 heterocycles. The monoisotopic (exact) mass is 257 g/mol. The third-order valence-electron chi connectivity index (χ3n) is 2.18. The van der Waals surface area contributed by atoms with Crippen LogP contribution in [0, 0.1) is 0 Å². The Kier molecular flexibility index (Phi) is 5.06. The standard InChI is InChI=1S/C9H15N5O4/c1-5(7-11-4-12-14-7)13-9(18)10-3-2-6(15)8(16)17/h4-6,15H,2-3H2,1H3,(H,16,17)(H2,10,13,18)(H,11,12,14). The minimum atomic E-state index is -1.48. The molecule has 0 aliphatic rings. The van der Waals surface area contributed by atoms with Gasteiger partial charge in [0.25, 0.3) is 0 Å². The lowest BCUT2D eigenvalue weighted by atomic mass is 10.2. The van der Waals surface area contributed by atoms with E-state index >= 15 is 0 Å². The van der Waals surface area contributed by atoms with Crippen molar-refractivity contribution in [2.75, 3.05) is 6.54 Å². The second-order valence-corrected chi connectivity index (χ2v) is 3.64. The number of nitrogens with zero attached hydrogens (tertiary/aromatic N) is 2. The smallest absolute Gasteiger partial charge is 0.332 e. The summed E-state index contributed by atoms with van der Waals surface area (Å²) in [6, 6.07) is -0.826. The fourth-order valence-corrected chi connectivity index (χ4v) is 1.19. The highest BCUT2D eigenvalue weighted by atomic mass is 16.4. The molecule has 0 aliphatic carbocycles. The Balaban J connectivity index is 2.24. The third kappa shape index (κ3) is 4.37. The first kappa shape index (κ1) is 13.9. The number of amides is 2. The van der Waals surface area contributed by atoms with Gasteiger partial charge in [0.1, 0.15) is 12.2 Å². The van der Waals surface area contributed by atoms with Crippen molar-refractivity contribution in [3.8, 4) is 0 Å². The van der Waals surface area contributed by atoms with Crippen molar-refractivity contribution in [1.82, 2.24) is 25.8 Å². The number of hydrogen-bond donors (Lipinski definition) is 5. The lowest BCUT2D eigenvalue weighted by molar-refractivity contribution is -0.146. The topological polar surface area (TPSA) is 140 Å². The maximum Gasteiger partial charge on any atom is 0.332 e. The molecule has 1 rings (SSSR count). The van der Waals surface area contributed by atoms with E-state index in [1.54, 1.807) is 6.92 Å². The van der Waals surface area contributed by atoms with E-state index < -0.39 is 18.1 Å². The molecule has 1 aromatic heterocycles. The molecule has 0 spiro atoms. The van der Waals surface area contributed by atoms with Crippen molar-refractivity contribution >= 4 is 12.0 Å². The molecule has 9 nitrogen and oxygen atoms in total. The lowest BCUT2D eigenvalue weighted by Gasteiger charge is -2.12. The van der Waals surface area contributed by atoms with Crippen molar-refractivity contribution in [3.05, 3.63) is 12.2 Å². The van der Waals surface area contributed by atoms with Gasteiger partial charge >= 0.3 is 12.0 Å². The molecule has 0 aromatic carbocycles. The van der Waals surface area contributed by atoms with Crippen LogP contribution in [0.5, 0.6) is 0 Å². The molecule has 2 atom stereocenters. The minimum absolute atomic E-state index is 0.0561. The van der Waals surface area contributed by atoms with Crippen LogP contribution >= 0.6 is 0 Å². The van der Waals surface area contributed by atoms with Gasteiger partial charge in [0.05, 0.1) is 6.04 Å². The van der Waals surface area contributed by atoms with E-state index in [1.807, 2.05) is 0 Å². The van der Waals surface area contributed by atoms with Crippen LogP contribution < -0.4 is 10.6 Å². The Morgan fingerprint density at radius 3 is 2.83 bits per heavy atom. The van der Waals surface area contributed by atoms with Gasteiger partial charge in [-0.15, -0.1) is 0 Å². The number of carboxylic acid groups (broad SMARTS) is 1. The number of aliphatic hydroxyl groups is 1. The summed E-state index contributed by atoms with van der Waals surface area (Å²) in [7, 11) is 0. The van der Waals surface area contributed by atoms with Gasteiger partial charge < -0.3 is 20.8 Å². The number of hydrogen-bond acceptors (Lipinski definition) is 5. The molecule has 1 aromatic rings. The lowest BCUT2D eigenvalue weighted by Crippen LogP contribution is -2.39. The van der Waals surface area contributed by atoms with Crippen LogP contribution in [0.4, 0.5) is 4.79 Å². The molecule has 2 unspecified atom stereocenters. The van der Waals surface area contributed by atoms with Gasteiger partial charge in [-0.05, 0) is 6.92 Å². The van der Waals surface area contributed by atoms with Gasteiger partial charge in [-0.25, -0.2) is 14.6 Å². The number of carbonyl (C=O) groups is 2. The van der Waals surface area contributed by atoms with Gasteiger partial charge in [-0.1, -0.05) is 0 Å². The number of aliphatic carboxylic acids is 1. The van der Waals surface area contributed by atoms with E-state index in [0.717, 1.165) is 0 Å². The molecule has 0 radical (unpaired) electrons. The van der Waals surface area contributed by atoms with Crippen LogP contribution in [0.3, 0.4) is 0 Å². The summed E-state index contributed by atoms with van der Waals surface area (Å²) >= 11 is 0.